The van der Waals surface area contributed by atoms with E-state index >= 15 is 0 Å². The number of pyridine rings is 1. The Balaban J connectivity index is 1.62. The average molecular weight is 434 g/mol. The van der Waals surface area contributed by atoms with Crippen LogP contribution in [-0.2, 0) is 13.0 Å². The molecule has 1 aromatic carbocycles. The van der Waals surface area contributed by atoms with Crippen LogP contribution in [0.5, 0.6) is 0 Å². The SMILES string of the molecule is Cc1ccc(NC(=O)c2cc(C(C)(F)F)cnn2)cc1-c1ccnc(-c2cnn(C)c2)c1. The van der Waals surface area contributed by atoms with Crippen molar-refractivity contribution in [1.29, 1.82) is 0 Å². The summed E-state index contributed by atoms with van der Waals surface area (Å²) in [6, 6.07) is 10.3. The summed E-state index contributed by atoms with van der Waals surface area (Å²) < 4.78 is 28.8. The van der Waals surface area contributed by atoms with Crippen molar-refractivity contribution in [1.82, 2.24) is 25.0 Å². The highest BCUT2D eigenvalue weighted by atomic mass is 19.3. The van der Waals surface area contributed by atoms with Crippen LogP contribution in [0.1, 0.15) is 28.5 Å². The second-order valence-electron chi connectivity index (χ2n) is 7.53. The number of hydrogen-bond acceptors (Lipinski definition) is 5. The molecule has 4 rings (SSSR count). The van der Waals surface area contributed by atoms with Gasteiger partial charge in [0.15, 0.2) is 5.69 Å². The second-order valence-corrected chi connectivity index (χ2v) is 7.53. The zero-order valence-corrected chi connectivity index (χ0v) is 17.7. The molecule has 7 nitrogen and oxygen atoms in total. The third-order valence-electron chi connectivity index (χ3n) is 4.96. The highest BCUT2D eigenvalue weighted by Crippen LogP contribution is 2.30. The van der Waals surface area contributed by atoms with E-state index in [0.29, 0.717) is 5.69 Å². The van der Waals surface area contributed by atoms with Crippen LogP contribution in [0.2, 0.25) is 0 Å². The minimum Gasteiger partial charge on any atom is -0.321 e. The lowest BCUT2D eigenvalue weighted by Gasteiger charge is -2.12. The molecule has 0 saturated carbocycles. The average Bonchev–Trinajstić information content (AvgIpc) is 3.21. The number of rotatable bonds is 5. The number of benzene rings is 1. The number of anilines is 1. The largest absolute Gasteiger partial charge is 0.321 e. The maximum absolute atomic E-state index is 13.6. The summed E-state index contributed by atoms with van der Waals surface area (Å²) >= 11 is 0. The molecule has 9 heteroatoms. The molecule has 0 spiro atoms. The molecule has 0 aliphatic heterocycles. The Morgan fingerprint density at radius 1 is 1.09 bits per heavy atom. The molecular weight excluding hydrogens is 414 g/mol. The first-order valence-corrected chi connectivity index (χ1v) is 9.79. The van der Waals surface area contributed by atoms with Gasteiger partial charge < -0.3 is 5.32 Å². The molecule has 162 valence electrons. The Hall–Kier alpha value is -4.01. The van der Waals surface area contributed by atoms with E-state index in [1.54, 1.807) is 23.1 Å². The molecule has 0 unspecified atom stereocenters. The van der Waals surface area contributed by atoms with Gasteiger partial charge in [-0.3, -0.25) is 14.5 Å². The quantitative estimate of drug-likeness (QED) is 0.496. The standard InChI is InChI=1S/C23H20F2N6O/c1-14-4-5-18(29-22(32)21-9-17(12-27-30-21)23(2,24)25)10-19(14)15-6-7-26-20(8-15)16-11-28-31(3)13-16/h4-13H,1-3H3,(H,29,32). The number of halogens is 2. The normalized spacial score (nSPS) is 11.4. The van der Waals surface area contributed by atoms with Crippen molar-refractivity contribution in [3.05, 3.63) is 78.0 Å². The summed E-state index contributed by atoms with van der Waals surface area (Å²) in [5.41, 5.74) is 4.43. The molecule has 0 atom stereocenters. The number of aromatic nitrogens is 5. The van der Waals surface area contributed by atoms with Crippen LogP contribution < -0.4 is 5.32 Å². The predicted octanol–water partition coefficient (Wildman–Crippen LogP) is 4.61. The number of carbonyl (C=O) groups excluding carboxylic acids is 1. The van der Waals surface area contributed by atoms with Crippen LogP contribution in [0.15, 0.2) is 61.2 Å². The van der Waals surface area contributed by atoms with Gasteiger partial charge in [0.05, 0.1) is 18.1 Å². The summed E-state index contributed by atoms with van der Waals surface area (Å²) in [4.78, 5) is 17.0. The van der Waals surface area contributed by atoms with Gasteiger partial charge in [-0.2, -0.15) is 10.2 Å². The molecule has 0 fully saturated rings. The van der Waals surface area contributed by atoms with E-state index in [-0.39, 0.29) is 11.3 Å². The van der Waals surface area contributed by atoms with Crippen molar-refractivity contribution in [2.45, 2.75) is 19.8 Å². The van der Waals surface area contributed by atoms with Crippen LogP contribution in [0.25, 0.3) is 22.4 Å². The highest BCUT2D eigenvalue weighted by molar-refractivity contribution is 6.03. The molecule has 3 heterocycles. The van der Waals surface area contributed by atoms with Crippen LogP contribution in [0.3, 0.4) is 0 Å². The van der Waals surface area contributed by atoms with Gasteiger partial charge >= 0.3 is 0 Å². The third-order valence-corrected chi connectivity index (χ3v) is 4.96. The number of nitrogens with zero attached hydrogens (tertiary/aromatic N) is 5. The lowest BCUT2D eigenvalue weighted by Crippen LogP contribution is -2.17. The molecule has 4 aromatic rings. The molecule has 0 bridgehead atoms. The van der Waals surface area contributed by atoms with Crippen molar-refractivity contribution >= 4 is 11.6 Å². The maximum Gasteiger partial charge on any atom is 0.276 e. The van der Waals surface area contributed by atoms with Gasteiger partial charge in [-0.25, -0.2) is 8.78 Å². The van der Waals surface area contributed by atoms with E-state index < -0.39 is 11.8 Å². The van der Waals surface area contributed by atoms with Gasteiger partial charge in [0.1, 0.15) is 0 Å². The fourth-order valence-electron chi connectivity index (χ4n) is 3.23. The zero-order chi connectivity index (χ0) is 22.9. The molecular formula is C23H20F2N6O. The molecule has 0 aliphatic rings. The fraction of sp³-hybridized carbons (Fsp3) is 0.174. The second kappa shape index (κ2) is 8.26. The van der Waals surface area contributed by atoms with Crippen LogP contribution in [0, 0.1) is 6.92 Å². The van der Waals surface area contributed by atoms with Gasteiger partial charge in [-0.05, 0) is 53.9 Å². The number of aryl methyl sites for hydroxylation is 2. The highest BCUT2D eigenvalue weighted by Gasteiger charge is 2.26. The number of carbonyl (C=O) groups is 1. The van der Waals surface area contributed by atoms with E-state index in [9.17, 15) is 13.6 Å². The topological polar surface area (TPSA) is 85.6 Å². The van der Waals surface area contributed by atoms with E-state index in [0.717, 1.165) is 47.1 Å². The van der Waals surface area contributed by atoms with Crippen molar-refractivity contribution in [2.24, 2.45) is 7.05 Å². The van der Waals surface area contributed by atoms with Gasteiger partial charge in [0.2, 0.25) is 0 Å². The van der Waals surface area contributed by atoms with Gasteiger partial charge in [-0.1, -0.05) is 6.07 Å². The monoisotopic (exact) mass is 434 g/mol. The Morgan fingerprint density at radius 3 is 2.62 bits per heavy atom. The number of alkyl halides is 2. The van der Waals surface area contributed by atoms with E-state index in [1.807, 2.05) is 44.4 Å². The van der Waals surface area contributed by atoms with E-state index in [1.165, 1.54) is 0 Å². The van der Waals surface area contributed by atoms with Crippen molar-refractivity contribution in [2.75, 3.05) is 5.32 Å². The minimum atomic E-state index is -3.12. The first-order valence-electron chi connectivity index (χ1n) is 9.79. The Bertz CT molecular complexity index is 1300. The summed E-state index contributed by atoms with van der Waals surface area (Å²) in [6.07, 6.45) is 6.29. The van der Waals surface area contributed by atoms with Crippen LogP contribution in [0.4, 0.5) is 14.5 Å². The van der Waals surface area contributed by atoms with E-state index in [4.69, 9.17) is 0 Å². The molecule has 0 saturated heterocycles. The molecule has 32 heavy (non-hydrogen) atoms. The lowest BCUT2D eigenvalue weighted by molar-refractivity contribution is 0.0169. The molecule has 3 aromatic heterocycles. The van der Waals surface area contributed by atoms with Crippen molar-refractivity contribution in [3.8, 4) is 22.4 Å². The maximum atomic E-state index is 13.6. The number of amides is 1. The summed E-state index contributed by atoms with van der Waals surface area (Å²) in [7, 11) is 1.84. The number of nitrogens with one attached hydrogen (secondary N) is 1. The van der Waals surface area contributed by atoms with Crippen molar-refractivity contribution in [3.63, 3.8) is 0 Å². The first kappa shape index (κ1) is 21.2. The van der Waals surface area contributed by atoms with E-state index in [2.05, 4.69) is 25.6 Å². The lowest BCUT2D eigenvalue weighted by atomic mass is 9.99. The summed E-state index contributed by atoms with van der Waals surface area (Å²) in [6.45, 7) is 2.70. The van der Waals surface area contributed by atoms with Crippen molar-refractivity contribution < 1.29 is 13.6 Å². The van der Waals surface area contributed by atoms with Gasteiger partial charge in [0.25, 0.3) is 11.8 Å². The Kier molecular flexibility index (Phi) is 5.48. The molecule has 1 N–H and O–H groups in total. The van der Waals surface area contributed by atoms with Crippen LogP contribution >= 0.6 is 0 Å². The Morgan fingerprint density at radius 2 is 1.91 bits per heavy atom. The zero-order valence-electron chi connectivity index (χ0n) is 17.7. The molecule has 0 aliphatic carbocycles. The molecule has 0 radical (unpaired) electrons. The molecule has 1 amide bonds. The third kappa shape index (κ3) is 4.51. The smallest absolute Gasteiger partial charge is 0.276 e. The summed E-state index contributed by atoms with van der Waals surface area (Å²) in [5, 5.41) is 14.1. The first-order chi connectivity index (χ1) is 15.2. The predicted molar refractivity (Wildman–Crippen MR) is 116 cm³/mol. The number of hydrogen-bond donors (Lipinski definition) is 1. The Labute approximate surface area is 183 Å². The van der Waals surface area contributed by atoms with Gasteiger partial charge in [0, 0.05) is 43.2 Å². The van der Waals surface area contributed by atoms with Gasteiger partial charge in [-0.15, -0.1) is 5.10 Å². The fourth-order valence-corrected chi connectivity index (χ4v) is 3.23. The summed E-state index contributed by atoms with van der Waals surface area (Å²) in [5.74, 6) is -3.74. The minimum absolute atomic E-state index is 0.186. The van der Waals surface area contributed by atoms with Crippen LogP contribution in [-0.4, -0.2) is 30.9 Å².